The molecule has 122 valence electrons. The second-order valence-electron chi connectivity index (χ2n) is 5.85. The van der Waals surface area contributed by atoms with Crippen molar-refractivity contribution in [1.82, 2.24) is 0 Å². The van der Waals surface area contributed by atoms with E-state index in [0.717, 1.165) is 11.3 Å². The Hall–Kier alpha value is -3.66. The lowest BCUT2D eigenvalue weighted by Crippen LogP contribution is -2.44. The lowest BCUT2D eigenvalue weighted by atomic mass is 9.94. The lowest BCUT2D eigenvalue weighted by Gasteiger charge is -2.35. The molecule has 7 heteroatoms. The van der Waals surface area contributed by atoms with Gasteiger partial charge in [0.1, 0.15) is 11.6 Å². The maximum atomic E-state index is 12.8. The molecule has 1 N–H and O–H groups in total. The molecule has 0 saturated carbocycles. The van der Waals surface area contributed by atoms with Crippen LogP contribution < -0.4 is 10.2 Å². The zero-order valence-electron chi connectivity index (χ0n) is 12.9. The molecule has 2 aromatic rings. The van der Waals surface area contributed by atoms with E-state index in [0.29, 0.717) is 5.69 Å². The van der Waals surface area contributed by atoms with Crippen molar-refractivity contribution in [3.05, 3.63) is 75.9 Å². The SMILES string of the molecule is N#CC1=CC2Nc3ccccc3C2N(c2cccc([N+](=O)[O-])c2)C1=O. The molecule has 25 heavy (non-hydrogen) atoms. The average Bonchev–Trinajstić information content (AvgIpc) is 2.99. The van der Waals surface area contributed by atoms with E-state index in [1.54, 1.807) is 12.1 Å². The Bertz CT molecular complexity index is 976. The summed E-state index contributed by atoms with van der Waals surface area (Å²) in [5, 5.41) is 23.7. The van der Waals surface area contributed by atoms with Crippen LogP contribution in [-0.4, -0.2) is 16.9 Å². The van der Waals surface area contributed by atoms with E-state index in [-0.39, 0.29) is 23.3 Å². The van der Waals surface area contributed by atoms with Crippen molar-refractivity contribution in [1.29, 1.82) is 5.26 Å². The molecular weight excluding hydrogens is 320 g/mol. The number of benzene rings is 2. The van der Waals surface area contributed by atoms with Crippen LogP contribution in [0.3, 0.4) is 0 Å². The molecule has 2 heterocycles. The van der Waals surface area contributed by atoms with Crippen LogP contribution in [0.15, 0.2) is 60.2 Å². The minimum absolute atomic E-state index is 0.0214. The number of nitro benzene ring substituents is 1. The predicted molar refractivity (Wildman–Crippen MR) is 90.9 cm³/mol. The fourth-order valence-electron chi connectivity index (χ4n) is 3.40. The molecule has 2 unspecified atom stereocenters. The maximum Gasteiger partial charge on any atom is 0.271 e. The van der Waals surface area contributed by atoms with Crippen molar-refractivity contribution in [2.24, 2.45) is 0 Å². The van der Waals surface area contributed by atoms with Gasteiger partial charge in [-0.1, -0.05) is 24.3 Å². The zero-order chi connectivity index (χ0) is 17.6. The highest BCUT2D eigenvalue weighted by Crippen LogP contribution is 2.44. The fourth-order valence-corrected chi connectivity index (χ4v) is 3.40. The average molecular weight is 332 g/mol. The summed E-state index contributed by atoms with van der Waals surface area (Å²) < 4.78 is 0. The van der Waals surface area contributed by atoms with Crippen LogP contribution >= 0.6 is 0 Å². The number of hydrogen-bond acceptors (Lipinski definition) is 5. The largest absolute Gasteiger partial charge is 0.376 e. The van der Waals surface area contributed by atoms with Gasteiger partial charge in [0.15, 0.2) is 0 Å². The van der Waals surface area contributed by atoms with Gasteiger partial charge in [0.25, 0.3) is 11.6 Å². The van der Waals surface area contributed by atoms with Gasteiger partial charge in [-0.25, -0.2) is 0 Å². The Morgan fingerprint density at radius 3 is 2.76 bits per heavy atom. The Morgan fingerprint density at radius 2 is 2.00 bits per heavy atom. The van der Waals surface area contributed by atoms with Gasteiger partial charge in [-0.3, -0.25) is 19.8 Å². The number of hydrogen-bond donors (Lipinski definition) is 1. The maximum absolute atomic E-state index is 12.8. The van der Waals surface area contributed by atoms with E-state index in [1.807, 2.05) is 30.3 Å². The Labute approximate surface area is 142 Å². The van der Waals surface area contributed by atoms with Crippen molar-refractivity contribution in [2.45, 2.75) is 12.1 Å². The van der Waals surface area contributed by atoms with Crippen LogP contribution in [0.4, 0.5) is 17.1 Å². The summed E-state index contributed by atoms with van der Waals surface area (Å²) in [7, 11) is 0. The summed E-state index contributed by atoms with van der Waals surface area (Å²) in [5.74, 6) is -0.456. The Morgan fingerprint density at radius 1 is 1.20 bits per heavy atom. The molecule has 2 atom stereocenters. The van der Waals surface area contributed by atoms with E-state index >= 15 is 0 Å². The highest BCUT2D eigenvalue weighted by atomic mass is 16.6. The molecule has 0 saturated heterocycles. The molecule has 0 spiro atoms. The standard InChI is InChI=1S/C18H12N4O3/c19-10-11-8-16-17(14-6-1-2-7-15(14)20-16)21(18(11)23)12-4-3-5-13(9-12)22(24)25/h1-9,16-17,20H. The fraction of sp³-hybridized carbons (Fsp3) is 0.111. The van der Waals surface area contributed by atoms with E-state index < -0.39 is 10.8 Å². The number of rotatable bonds is 2. The molecule has 0 bridgehead atoms. The van der Waals surface area contributed by atoms with Gasteiger partial charge >= 0.3 is 0 Å². The number of para-hydroxylation sites is 1. The van der Waals surface area contributed by atoms with Crippen molar-refractivity contribution in [3.8, 4) is 6.07 Å². The van der Waals surface area contributed by atoms with Crippen molar-refractivity contribution in [2.75, 3.05) is 10.2 Å². The van der Waals surface area contributed by atoms with E-state index in [2.05, 4.69) is 5.32 Å². The summed E-state index contributed by atoms with van der Waals surface area (Å²) in [5.41, 5.74) is 2.12. The van der Waals surface area contributed by atoms with Crippen molar-refractivity contribution < 1.29 is 9.72 Å². The first-order chi connectivity index (χ1) is 12.1. The van der Waals surface area contributed by atoms with E-state index in [9.17, 15) is 20.2 Å². The van der Waals surface area contributed by atoms with Crippen LogP contribution in [0.1, 0.15) is 11.6 Å². The number of nitro groups is 1. The smallest absolute Gasteiger partial charge is 0.271 e. The third-order valence-electron chi connectivity index (χ3n) is 4.45. The number of nitrogens with one attached hydrogen (secondary N) is 1. The minimum Gasteiger partial charge on any atom is -0.376 e. The summed E-state index contributed by atoms with van der Waals surface area (Å²) in [6.45, 7) is 0. The summed E-state index contributed by atoms with van der Waals surface area (Å²) in [4.78, 5) is 24.9. The number of fused-ring (bicyclic) bond motifs is 3. The van der Waals surface area contributed by atoms with Gasteiger partial charge in [-0.05, 0) is 18.2 Å². The number of carbonyl (C=O) groups is 1. The first-order valence-corrected chi connectivity index (χ1v) is 7.65. The second-order valence-corrected chi connectivity index (χ2v) is 5.85. The van der Waals surface area contributed by atoms with Gasteiger partial charge in [0.2, 0.25) is 0 Å². The normalized spacial score (nSPS) is 20.8. The topological polar surface area (TPSA) is 99.3 Å². The summed E-state index contributed by atoms with van der Waals surface area (Å²) >= 11 is 0. The third kappa shape index (κ3) is 2.23. The molecule has 7 nitrogen and oxygen atoms in total. The third-order valence-corrected chi connectivity index (χ3v) is 4.45. The summed E-state index contributed by atoms with van der Waals surface area (Å²) in [6, 6.07) is 14.8. The first-order valence-electron chi connectivity index (χ1n) is 7.65. The predicted octanol–water partition coefficient (Wildman–Crippen LogP) is 2.93. The molecule has 0 fully saturated rings. The highest BCUT2D eigenvalue weighted by molar-refractivity contribution is 6.10. The van der Waals surface area contributed by atoms with Gasteiger partial charge in [0, 0.05) is 23.4 Å². The van der Waals surface area contributed by atoms with Crippen LogP contribution in [0.2, 0.25) is 0 Å². The number of nitrogens with zero attached hydrogens (tertiary/aromatic N) is 3. The number of carbonyl (C=O) groups excluding carboxylic acids is 1. The molecule has 4 rings (SSSR count). The zero-order valence-corrected chi connectivity index (χ0v) is 12.9. The number of amides is 1. The highest BCUT2D eigenvalue weighted by Gasteiger charge is 2.43. The Kier molecular flexibility index (Phi) is 3.25. The minimum atomic E-state index is -0.503. The molecule has 0 aliphatic carbocycles. The quantitative estimate of drug-likeness (QED) is 0.673. The molecule has 2 aliphatic rings. The van der Waals surface area contributed by atoms with Gasteiger partial charge in [-0.2, -0.15) is 5.26 Å². The molecule has 0 aromatic heterocycles. The summed E-state index contributed by atoms with van der Waals surface area (Å²) in [6.07, 6.45) is 1.63. The number of nitriles is 1. The second kappa shape index (κ2) is 5.46. The number of non-ortho nitro benzene ring substituents is 1. The Balaban J connectivity index is 1.89. The number of anilines is 2. The first kappa shape index (κ1) is 14.9. The van der Waals surface area contributed by atoms with Crippen LogP contribution in [0.25, 0.3) is 0 Å². The monoisotopic (exact) mass is 332 g/mol. The molecule has 0 radical (unpaired) electrons. The van der Waals surface area contributed by atoms with E-state index in [4.69, 9.17) is 0 Å². The lowest BCUT2D eigenvalue weighted by molar-refractivity contribution is -0.384. The van der Waals surface area contributed by atoms with Gasteiger partial charge in [0.05, 0.1) is 22.7 Å². The van der Waals surface area contributed by atoms with Crippen molar-refractivity contribution >= 4 is 23.0 Å². The molecule has 2 aromatic carbocycles. The van der Waals surface area contributed by atoms with E-state index in [1.165, 1.54) is 23.1 Å². The van der Waals surface area contributed by atoms with Crippen LogP contribution in [0.5, 0.6) is 0 Å². The van der Waals surface area contributed by atoms with Crippen LogP contribution in [0, 0.1) is 21.4 Å². The van der Waals surface area contributed by atoms with Crippen molar-refractivity contribution in [3.63, 3.8) is 0 Å². The van der Waals surface area contributed by atoms with Crippen LogP contribution in [-0.2, 0) is 4.79 Å². The van der Waals surface area contributed by atoms with Gasteiger partial charge in [-0.15, -0.1) is 0 Å². The van der Waals surface area contributed by atoms with Gasteiger partial charge < -0.3 is 5.32 Å². The molecular formula is C18H12N4O3. The molecule has 2 aliphatic heterocycles. The molecule has 1 amide bonds.